The van der Waals surface area contributed by atoms with E-state index in [1.165, 1.54) is 0 Å². The zero-order chi connectivity index (χ0) is 15.4. The van der Waals surface area contributed by atoms with Crippen LogP contribution in [-0.2, 0) is 14.3 Å². The molecule has 1 aromatic carbocycles. The molecular weight excluding hydrogens is 298 g/mol. The van der Waals surface area contributed by atoms with E-state index >= 15 is 0 Å². The van der Waals surface area contributed by atoms with E-state index in [1.54, 1.807) is 31.2 Å². The van der Waals surface area contributed by atoms with Gasteiger partial charge in [-0.1, -0.05) is 17.7 Å². The van der Waals surface area contributed by atoms with Gasteiger partial charge in [-0.05, 0) is 25.1 Å². The average molecular weight is 314 g/mol. The summed E-state index contributed by atoms with van der Waals surface area (Å²) in [6.07, 6.45) is -0.765. The van der Waals surface area contributed by atoms with Gasteiger partial charge in [0.1, 0.15) is 11.7 Å². The van der Waals surface area contributed by atoms with Crippen LogP contribution in [0.2, 0.25) is 5.02 Å². The number of carbonyl (C=O) groups is 2. The van der Waals surface area contributed by atoms with Crippen molar-refractivity contribution >= 4 is 23.5 Å². The van der Waals surface area contributed by atoms with Crippen molar-refractivity contribution in [3.63, 3.8) is 0 Å². The van der Waals surface area contributed by atoms with Gasteiger partial charge in [0.05, 0.1) is 19.3 Å². The summed E-state index contributed by atoms with van der Waals surface area (Å²) in [5.74, 6) is -1.63. The number of carboxylic acids is 1. The SMILES string of the molecule is CC(Oc1cccc(Cl)c1)C(=O)NC1COCC1C(=O)O. The highest BCUT2D eigenvalue weighted by Gasteiger charge is 2.35. The zero-order valence-corrected chi connectivity index (χ0v) is 12.2. The van der Waals surface area contributed by atoms with Gasteiger partial charge in [0, 0.05) is 5.02 Å². The molecule has 1 amide bonds. The predicted octanol–water partition coefficient (Wildman–Crippen LogP) is 1.32. The topological polar surface area (TPSA) is 84.9 Å². The molecule has 1 fully saturated rings. The first-order chi connectivity index (χ1) is 9.97. The average Bonchev–Trinajstić information content (AvgIpc) is 2.87. The molecule has 2 N–H and O–H groups in total. The third kappa shape index (κ3) is 4.09. The Bertz CT molecular complexity index is 536. The van der Waals surface area contributed by atoms with Crippen molar-refractivity contribution in [2.24, 2.45) is 5.92 Å². The zero-order valence-electron chi connectivity index (χ0n) is 11.4. The maximum Gasteiger partial charge on any atom is 0.311 e. The van der Waals surface area contributed by atoms with Crippen LogP contribution in [0, 0.1) is 5.92 Å². The van der Waals surface area contributed by atoms with E-state index in [0.29, 0.717) is 10.8 Å². The van der Waals surface area contributed by atoms with E-state index in [2.05, 4.69) is 5.32 Å². The summed E-state index contributed by atoms with van der Waals surface area (Å²) < 4.78 is 10.6. The monoisotopic (exact) mass is 313 g/mol. The van der Waals surface area contributed by atoms with Gasteiger partial charge < -0.3 is 19.9 Å². The summed E-state index contributed by atoms with van der Waals surface area (Å²) in [5.41, 5.74) is 0. The molecule has 1 saturated heterocycles. The molecule has 1 heterocycles. The molecule has 1 aliphatic heterocycles. The van der Waals surface area contributed by atoms with Crippen molar-refractivity contribution in [3.05, 3.63) is 29.3 Å². The molecule has 3 atom stereocenters. The predicted molar refractivity (Wildman–Crippen MR) is 75.4 cm³/mol. The standard InChI is InChI=1S/C14H16ClNO5/c1-8(21-10-4-2-3-9(15)5-10)13(17)16-12-7-20-6-11(12)14(18)19/h2-5,8,11-12H,6-7H2,1H3,(H,16,17)(H,18,19). The summed E-state index contributed by atoms with van der Waals surface area (Å²) in [7, 11) is 0. The fourth-order valence-corrected chi connectivity index (χ4v) is 2.22. The van der Waals surface area contributed by atoms with Crippen molar-refractivity contribution < 1.29 is 24.2 Å². The molecule has 2 rings (SSSR count). The van der Waals surface area contributed by atoms with Crippen LogP contribution in [-0.4, -0.2) is 42.3 Å². The number of halogens is 1. The molecule has 0 spiro atoms. The number of rotatable bonds is 5. The third-order valence-corrected chi connectivity index (χ3v) is 3.44. The van der Waals surface area contributed by atoms with E-state index in [9.17, 15) is 9.59 Å². The Morgan fingerprint density at radius 3 is 2.90 bits per heavy atom. The lowest BCUT2D eigenvalue weighted by Gasteiger charge is -2.19. The van der Waals surface area contributed by atoms with Gasteiger partial charge in [0.2, 0.25) is 0 Å². The minimum atomic E-state index is -0.985. The van der Waals surface area contributed by atoms with Crippen LogP contribution < -0.4 is 10.1 Å². The molecule has 0 radical (unpaired) electrons. The maximum atomic E-state index is 12.0. The number of ether oxygens (including phenoxy) is 2. The molecule has 7 heteroatoms. The van der Waals surface area contributed by atoms with Crippen LogP contribution in [0.15, 0.2) is 24.3 Å². The summed E-state index contributed by atoms with van der Waals surface area (Å²) in [6, 6.07) is 6.17. The first-order valence-electron chi connectivity index (χ1n) is 6.50. The first-order valence-corrected chi connectivity index (χ1v) is 6.88. The Morgan fingerprint density at radius 1 is 1.48 bits per heavy atom. The number of benzene rings is 1. The van der Waals surface area contributed by atoms with E-state index in [4.69, 9.17) is 26.2 Å². The lowest BCUT2D eigenvalue weighted by atomic mass is 10.0. The number of hydrogen-bond acceptors (Lipinski definition) is 4. The van der Waals surface area contributed by atoms with Crippen molar-refractivity contribution in [1.82, 2.24) is 5.32 Å². The molecule has 0 bridgehead atoms. The van der Waals surface area contributed by atoms with E-state index in [0.717, 1.165) is 0 Å². The van der Waals surface area contributed by atoms with Crippen LogP contribution in [0.25, 0.3) is 0 Å². The Balaban J connectivity index is 1.92. The van der Waals surface area contributed by atoms with Gasteiger partial charge in [-0.15, -0.1) is 0 Å². The molecule has 0 aromatic heterocycles. The van der Waals surface area contributed by atoms with Crippen LogP contribution >= 0.6 is 11.6 Å². The Kier molecular flexibility index (Phi) is 5.03. The number of carbonyl (C=O) groups excluding carboxylic acids is 1. The first kappa shape index (κ1) is 15.6. The van der Waals surface area contributed by atoms with Gasteiger partial charge in [-0.2, -0.15) is 0 Å². The number of carboxylic acid groups (broad SMARTS) is 1. The summed E-state index contributed by atoms with van der Waals surface area (Å²) in [4.78, 5) is 23.1. The minimum Gasteiger partial charge on any atom is -0.481 e. The summed E-state index contributed by atoms with van der Waals surface area (Å²) in [6.45, 7) is 1.87. The summed E-state index contributed by atoms with van der Waals surface area (Å²) >= 11 is 5.84. The highest BCUT2D eigenvalue weighted by Crippen LogP contribution is 2.19. The van der Waals surface area contributed by atoms with Crippen molar-refractivity contribution in [2.75, 3.05) is 13.2 Å². The molecule has 1 aliphatic rings. The van der Waals surface area contributed by atoms with E-state index in [1.807, 2.05) is 0 Å². The van der Waals surface area contributed by atoms with Crippen LogP contribution in [0.5, 0.6) is 5.75 Å². The smallest absolute Gasteiger partial charge is 0.311 e. The molecule has 21 heavy (non-hydrogen) atoms. The molecule has 3 unspecified atom stereocenters. The highest BCUT2D eigenvalue weighted by atomic mass is 35.5. The van der Waals surface area contributed by atoms with Gasteiger partial charge in [0.25, 0.3) is 5.91 Å². The second-order valence-electron chi connectivity index (χ2n) is 4.81. The lowest BCUT2D eigenvalue weighted by Crippen LogP contribution is -2.47. The van der Waals surface area contributed by atoms with Gasteiger partial charge in [0.15, 0.2) is 6.10 Å². The van der Waals surface area contributed by atoms with Crippen LogP contribution in [0.4, 0.5) is 0 Å². The quantitative estimate of drug-likeness (QED) is 0.856. The molecule has 0 aliphatic carbocycles. The molecule has 1 aromatic rings. The molecule has 114 valence electrons. The summed E-state index contributed by atoms with van der Waals surface area (Å²) in [5, 5.41) is 12.2. The molecule has 6 nitrogen and oxygen atoms in total. The van der Waals surface area contributed by atoms with Crippen molar-refractivity contribution in [2.45, 2.75) is 19.1 Å². The Morgan fingerprint density at radius 2 is 2.24 bits per heavy atom. The van der Waals surface area contributed by atoms with Crippen molar-refractivity contribution in [3.8, 4) is 5.75 Å². The van der Waals surface area contributed by atoms with Gasteiger partial charge >= 0.3 is 5.97 Å². The Labute approximate surface area is 127 Å². The number of aliphatic carboxylic acids is 1. The largest absolute Gasteiger partial charge is 0.481 e. The number of nitrogens with one attached hydrogen (secondary N) is 1. The lowest BCUT2D eigenvalue weighted by molar-refractivity contribution is -0.142. The Hall–Kier alpha value is -1.79. The third-order valence-electron chi connectivity index (χ3n) is 3.20. The molecule has 0 saturated carbocycles. The fraction of sp³-hybridized carbons (Fsp3) is 0.429. The minimum absolute atomic E-state index is 0.101. The maximum absolute atomic E-state index is 12.0. The van der Waals surface area contributed by atoms with Crippen LogP contribution in [0.3, 0.4) is 0 Å². The van der Waals surface area contributed by atoms with Gasteiger partial charge in [-0.25, -0.2) is 0 Å². The fourth-order valence-electron chi connectivity index (χ4n) is 2.04. The second kappa shape index (κ2) is 6.78. The number of amides is 1. The highest BCUT2D eigenvalue weighted by molar-refractivity contribution is 6.30. The van der Waals surface area contributed by atoms with Crippen molar-refractivity contribution in [1.29, 1.82) is 0 Å². The second-order valence-corrected chi connectivity index (χ2v) is 5.25. The number of hydrogen-bond donors (Lipinski definition) is 2. The van der Waals surface area contributed by atoms with Gasteiger partial charge in [-0.3, -0.25) is 9.59 Å². The van der Waals surface area contributed by atoms with E-state index < -0.39 is 29.9 Å². The molecular formula is C14H16ClNO5. The van der Waals surface area contributed by atoms with E-state index in [-0.39, 0.29) is 13.2 Å². The normalized spacial score (nSPS) is 22.6. The van der Waals surface area contributed by atoms with Crippen LogP contribution in [0.1, 0.15) is 6.92 Å².